The fraction of sp³-hybridized carbons (Fsp3) is 0.182. The van der Waals surface area contributed by atoms with Crippen LogP contribution in [-0.4, -0.2) is 28.8 Å². The first-order valence-corrected chi connectivity index (χ1v) is 5.04. The van der Waals surface area contributed by atoms with Gasteiger partial charge < -0.3 is 4.90 Å². The molecule has 0 bridgehead atoms. The zero-order valence-electron chi connectivity index (χ0n) is 8.54. The van der Waals surface area contributed by atoms with Crippen molar-refractivity contribution in [3.63, 3.8) is 0 Å². The molecule has 5 heteroatoms. The highest BCUT2D eigenvalue weighted by Crippen LogP contribution is 2.20. The Labute approximate surface area is 92.3 Å². The van der Waals surface area contributed by atoms with E-state index in [0.717, 1.165) is 18.7 Å². The smallest absolute Gasteiger partial charge is 0.171 e. The van der Waals surface area contributed by atoms with Crippen molar-refractivity contribution in [1.82, 2.24) is 9.38 Å². The van der Waals surface area contributed by atoms with Gasteiger partial charge in [0.25, 0.3) is 0 Å². The maximum Gasteiger partial charge on any atom is 0.171 e. The Hall–Kier alpha value is -2.35. The molecule has 2 aromatic heterocycles. The van der Waals surface area contributed by atoms with Crippen LogP contribution in [0.4, 0.5) is 5.82 Å². The molecule has 78 valence electrons. The molecule has 0 N–H and O–H groups in total. The van der Waals surface area contributed by atoms with Gasteiger partial charge in [-0.05, 0) is 12.1 Å². The van der Waals surface area contributed by atoms with Crippen molar-refractivity contribution in [3.05, 3.63) is 30.1 Å². The molecule has 16 heavy (non-hydrogen) atoms. The third kappa shape index (κ3) is 1.17. The van der Waals surface area contributed by atoms with Gasteiger partial charge in [0.2, 0.25) is 0 Å². The maximum atomic E-state index is 9.18. The van der Waals surface area contributed by atoms with Crippen LogP contribution < -0.4 is 4.90 Å². The van der Waals surface area contributed by atoms with E-state index in [9.17, 15) is 5.26 Å². The van der Waals surface area contributed by atoms with Gasteiger partial charge in [-0.15, -0.1) is 0 Å². The molecule has 3 rings (SSSR count). The van der Waals surface area contributed by atoms with Crippen molar-refractivity contribution in [3.8, 4) is 6.07 Å². The number of nitriles is 1. The number of aromatic nitrogens is 2. The van der Waals surface area contributed by atoms with Gasteiger partial charge in [-0.25, -0.2) is 4.98 Å². The van der Waals surface area contributed by atoms with Crippen LogP contribution in [0.2, 0.25) is 0 Å². The van der Waals surface area contributed by atoms with Crippen LogP contribution in [0.1, 0.15) is 5.69 Å². The van der Waals surface area contributed by atoms with Gasteiger partial charge in [0.1, 0.15) is 11.7 Å². The summed E-state index contributed by atoms with van der Waals surface area (Å²) < 4.78 is 1.79. The molecule has 0 spiro atoms. The minimum absolute atomic E-state index is 0.559. The van der Waals surface area contributed by atoms with Gasteiger partial charge in [-0.2, -0.15) is 5.26 Å². The van der Waals surface area contributed by atoms with E-state index < -0.39 is 0 Å². The van der Waals surface area contributed by atoms with E-state index in [1.54, 1.807) is 10.7 Å². The van der Waals surface area contributed by atoms with Crippen molar-refractivity contribution in [2.45, 2.75) is 0 Å². The number of pyridine rings is 1. The molecule has 3 heterocycles. The minimum Gasteiger partial charge on any atom is -0.313 e. The number of nitrogens with zero attached hydrogens (tertiary/aromatic N) is 5. The predicted molar refractivity (Wildman–Crippen MR) is 60.6 cm³/mol. The van der Waals surface area contributed by atoms with Crippen molar-refractivity contribution in [2.75, 3.05) is 18.0 Å². The minimum atomic E-state index is 0.559. The standard InChI is InChI=1S/C11H9N5/c12-7-9-11(15-6-4-13-8-15)14-10-3-1-2-5-16(9)10/h1-3,5,8H,4,6H2. The molecule has 0 atom stereocenters. The number of hydrogen-bond donors (Lipinski definition) is 0. The molecule has 0 unspecified atom stereocenters. The number of imidazole rings is 1. The summed E-state index contributed by atoms with van der Waals surface area (Å²) in [5, 5.41) is 9.18. The van der Waals surface area contributed by atoms with E-state index in [1.807, 2.05) is 29.3 Å². The van der Waals surface area contributed by atoms with E-state index in [2.05, 4.69) is 16.0 Å². The highest BCUT2D eigenvalue weighted by molar-refractivity contribution is 5.82. The van der Waals surface area contributed by atoms with E-state index >= 15 is 0 Å². The molecule has 1 aliphatic heterocycles. The Morgan fingerprint density at radius 1 is 1.38 bits per heavy atom. The van der Waals surface area contributed by atoms with Crippen LogP contribution in [-0.2, 0) is 0 Å². The molecule has 0 fully saturated rings. The van der Waals surface area contributed by atoms with E-state index in [4.69, 9.17) is 0 Å². The average molecular weight is 211 g/mol. The zero-order chi connectivity index (χ0) is 11.0. The Kier molecular flexibility index (Phi) is 1.87. The van der Waals surface area contributed by atoms with E-state index in [0.29, 0.717) is 11.5 Å². The molecule has 0 aliphatic carbocycles. The average Bonchev–Trinajstić information content (AvgIpc) is 2.95. The lowest BCUT2D eigenvalue weighted by Gasteiger charge is -2.09. The van der Waals surface area contributed by atoms with Gasteiger partial charge in [0, 0.05) is 12.7 Å². The molecule has 2 aromatic rings. The Balaban J connectivity index is 2.24. The first-order chi connectivity index (χ1) is 7.90. The molecule has 1 aliphatic rings. The van der Waals surface area contributed by atoms with E-state index in [1.165, 1.54) is 0 Å². The Bertz CT molecular complexity index is 604. The topological polar surface area (TPSA) is 56.7 Å². The normalized spacial score (nSPS) is 14.6. The molecule has 0 radical (unpaired) electrons. The second-order valence-corrected chi connectivity index (χ2v) is 3.54. The third-order valence-corrected chi connectivity index (χ3v) is 2.58. The Morgan fingerprint density at radius 2 is 2.31 bits per heavy atom. The van der Waals surface area contributed by atoms with Crippen LogP contribution >= 0.6 is 0 Å². The zero-order valence-corrected chi connectivity index (χ0v) is 8.54. The molecule has 5 nitrogen and oxygen atoms in total. The van der Waals surface area contributed by atoms with Crippen LogP contribution in [0.3, 0.4) is 0 Å². The summed E-state index contributed by atoms with van der Waals surface area (Å²) in [5.74, 6) is 0.690. The fourth-order valence-corrected chi connectivity index (χ4v) is 1.83. The molecule has 0 aromatic carbocycles. The fourth-order valence-electron chi connectivity index (χ4n) is 1.83. The molecule has 0 saturated carbocycles. The summed E-state index contributed by atoms with van der Waals surface area (Å²) in [4.78, 5) is 10.5. The van der Waals surface area contributed by atoms with Crippen molar-refractivity contribution in [2.24, 2.45) is 4.99 Å². The lowest BCUT2D eigenvalue weighted by Crippen LogP contribution is -2.19. The summed E-state index contributed by atoms with van der Waals surface area (Å²) in [6.45, 7) is 1.55. The highest BCUT2D eigenvalue weighted by atomic mass is 15.3. The van der Waals surface area contributed by atoms with Gasteiger partial charge in [0.15, 0.2) is 11.5 Å². The van der Waals surface area contributed by atoms with Gasteiger partial charge in [-0.3, -0.25) is 9.39 Å². The molecular formula is C11H9N5. The number of hydrogen-bond acceptors (Lipinski definition) is 4. The SMILES string of the molecule is N#Cc1c(N2C=NCC2)nc2ccccn12. The first kappa shape index (κ1) is 8.92. The second-order valence-electron chi connectivity index (χ2n) is 3.54. The summed E-state index contributed by atoms with van der Waals surface area (Å²) in [5.41, 5.74) is 1.35. The Morgan fingerprint density at radius 3 is 3.06 bits per heavy atom. The van der Waals surface area contributed by atoms with Crippen LogP contribution in [0.15, 0.2) is 29.4 Å². The summed E-state index contributed by atoms with van der Waals surface area (Å²) in [7, 11) is 0. The van der Waals surface area contributed by atoms with Crippen molar-refractivity contribution in [1.29, 1.82) is 5.26 Å². The summed E-state index contributed by atoms with van der Waals surface area (Å²) in [6, 6.07) is 7.87. The predicted octanol–water partition coefficient (Wildman–Crippen LogP) is 1.05. The highest BCUT2D eigenvalue weighted by Gasteiger charge is 2.18. The monoisotopic (exact) mass is 211 g/mol. The lowest BCUT2D eigenvalue weighted by molar-refractivity contribution is 1.01. The number of anilines is 1. The molecular weight excluding hydrogens is 202 g/mol. The van der Waals surface area contributed by atoms with Gasteiger partial charge in [0.05, 0.1) is 12.9 Å². The van der Waals surface area contributed by atoms with Crippen LogP contribution in [0.25, 0.3) is 5.65 Å². The lowest BCUT2D eigenvalue weighted by atomic mass is 10.4. The summed E-state index contributed by atoms with van der Waals surface area (Å²) in [6.07, 6.45) is 3.58. The first-order valence-electron chi connectivity index (χ1n) is 5.04. The quantitative estimate of drug-likeness (QED) is 0.708. The summed E-state index contributed by atoms with van der Waals surface area (Å²) >= 11 is 0. The van der Waals surface area contributed by atoms with Crippen LogP contribution in [0.5, 0.6) is 0 Å². The van der Waals surface area contributed by atoms with Crippen molar-refractivity contribution < 1.29 is 0 Å². The number of fused-ring (bicyclic) bond motifs is 1. The van der Waals surface area contributed by atoms with E-state index in [-0.39, 0.29) is 0 Å². The van der Waals surface area contributed by atoms with Crippen molar-refractivity contribution >= 4 is 17.8 Å². The van der Waals surface area contributed by atoms with Crippen LogP contribution in [0, 0.1) is 11.3 Å². The number of rotatable bonds is 1. The largest absolute Gasteiger partial charge is 0.313 e. The van der Waals surface area contributed by atoms with Gasteiger partial charge in [-0.1, -0.05) is 6.07 Å². The number of aliphatic imine (C=N–C) groups is 1. The third-order valence-electron chi connectivity index (χ3n) is 2.58. The second kappa shape index (κ2) is 3.35. The molecule has 0 saturated heterocycles. The molecule has 0 amide bonds. The maximum absolute atomic E-state index is 9.18. The van der Waals surface area contributed by atoms with Gasteiger partial charge >= 0.3 is 0 Å².